The maximum atomic E-state index is 6.03. The van der Waals surface area contributed by atoms with E-state index in [1.54, 1.807) is 0 Å². The predicted molar refractivity (Wildman–Crippen MR) is 173 cm³/mol. The molecule has 270 valence electrons. The van der Waals surface area contributed by atoms with Gasteiger partial charge in [-0.25, -0.2) is 0 Å². The van der Waals surface area contributed by atoms with Gasteiger partial charge in [0.2, 0.25) is 5.82 Å². The van der Waals surface area contributed by atoms with Gasteiger partial charge in [0.05, 0.1) is 117 Å². The van der Waals surface area contributed by atoms with Crippen LogP contribution in [0.4, 0.5) is 5.82 Å². The van der Waals surface area contributed by atoms with Crippen LogP contribution in [0.5, 0.6) is 5.88 Å². The lowest BCUT2D eigenvalue weighted by atomic mass is 10.1. The molecule has 1 aromatic heterocycles. The second kappa shape index (κ2) is 27.6. The van der Waals surface area contributed by atoms with Gasteiger partial charge in [0, 0.05) is 31.8 Å². The fourth-order valence-electron chi connectivity index (χ4n) is 3.78. The van der Waals surface area contributed by atoms with E-state index >= 15 is 0 Å². The van der Waals surface area contributed by atoms with E-state index < -0.39 is 0 Å². The predicted octanol–water partition coefficient (Wildman–Crippen LogP) is 1.64. The van der Waals surface area contributed by atoms with Crippen LogP contribution in [-0.4, -0.2) is 166 Å². The minimum atomic E-state index is -0.234. The molecular formula is C30H58N4O11S. The molecule has 1 atom stereocenters. The first-order chi connectivity index (χ1) is 22.5. The van der Waals surface area contributed by atoms with Crippen molar-refractivity contribution >= 4 is 17.5 Å². The van der Waals surface area contributed by atoms with Gasteiger partial charge in [0.15, 0.2) is 0 Å². The number of anilines is 1. The van der Waals surface area contributed by atoms with Crippen molar-refractivity contribution in [1.82, 2.24) is 14.1 Å². The van der Waals surface area contributed by atoms with Crippen molar-refractivity contribution in [1.29, 1.82) is 0 Å². The highest BCUT2D eigenvalue weighted by atomic mass is 32.1. The number of ether oxygens (including phenoxy) is 11. The molecule has 2 rings (SSSR count). The van der Waals surface area contributed by atoms with E-state index in [1.165, 1.54) is 0 Å². The van der Waals surface area contributed by atoms with E-state index in [0.717, 1.165) is 30.6 Å². The van der Waals surface area contributed by atoms with Gasteiger partial charge in [-0.05, 0) is 27.7 Å². The van der Waals surface area contributed by atoms with Crippen LogP contribution in [0.1, 0.15) is 27.7 Å². The summed E-state index contributed by atoms with van der Waals surface area (Å²) in [5.74, 6) is 1.28. The molecule has 0 radical (unpaired) electrons. The smallest absolute Gasteiger partial charge is 0.270 e. The van der Waals surface area contributed by atoms with E-state index in [9.17, 15) is 0 Å². The Bertz CT molecular complexity index is 816. The van der Waals surface area contributed by atoms with Crippen LogP contribution in [0.3, 0.4) is 0 Å². The van der Waals surface area contributed by atoms with Gasteiger partial charge in [-0.15, -0.1) is 4.37 Å². The van der Waals surface area contributed by atoms with Crippen molar-refractivity contribution < 1.29 is 52.1 Å². The summed E-state index contributed by atoms with van der Waals surface area (Å²) in [7, 11) is 0. The number of hydrogen-bond acceptors (Lipinski definition) is 16. The van der Waals surface area contributed by atoms with Crippen molar-refractivity contribution in [2.45, 2.75) is 39.3 Å². The van der Waals surface area contributed by atoms with Crippen molar-refractivity contribution in [2.24, 2.45) is 0 Å². The number of nitrogens with one attached hydrogen (secondary N) is 1. The summed E-state index contributed by atoms with van der Waals surface area (Å²) in [6.07, 6.45) is -0.234. The lowest BCUT2D eigenvalue weighted by Gasteiger charge is -2.27. The monoisotopic (exact) mass is 682 g/mol. The lowest BCUT2D eigenvalue weighted by Crippen LogP contribution is -2.44. The standard InChI is InChI=1S/C30H58N4O11S/c1-5-35-10-11-37-12-13-38-14-15-39-16-17-40-18-19-41-20-21-42-22-23-43-26-45-27(24-31-30(2,3)4)25-44-29-28(32-46-33-29)34-6-8-36-9-7-34/h27,31H,5-26H2,1-4H3. The SMILES string of the molecule is CCOCCOCCOCCOCCOCCOCCOCCOCOC(CNC(C)(C)C)COc1nsnc1N1CCOCC1. The Kier molecular flexibility index (Phi) is 24.6. The summed E-state index contributed by atoms with van der Waals surface area (Å²) in [5, 5.41) is 3.46. The zero-order valence-corrected chi connectivity index (χ0v) is 29.2. The highest BCUT2D eigenvalue weighted by Gasteiger charge is 2.22. The number of hydrogen-bond donors (Lipinski definition) is 1. The molecule has 16 heteroatoms. The van der Waals surface area contributed by atoms with Crippen LogP contribution in [0, 0.1) is 0 Å². The quantitative estimate of drug-likeness (QED) is 0.0895. The van der Waals surface area contributed by atoms with Crippen molar-refractivity contribution in [3.8, 4) is 5.88 Å². The van der Waals surface area contributed by atoms with E-state index in [2.05, 4.69) is 39.7 Å². The molecule has 0 spiro atoms. The Balaban J connectivity index is 1.39. The number of nitrogens with zero attached hydrogens (tertiary/aromatic N) is 3. The van der Waals surface area contributed by atoms with Crippen molar-refractivity contribution in [3.05, 3.63) is 0 Å². The van der Waals surface area contributed by atoms with Gasteiger partial charge in [0.25, 0.3) is 5.88 Å². The molecule has 0 aromatic carbocycles. The Hall–Kier alpha value is -1.28. The van der Waals surface area contributed by atoms with Crippen LogP contribution < -0.4 is 15.0 Å². The molecule has 1 unspecified atom stereocenters. The Morgan fingerprint density at radius 3 is 1.67 bits per heavy atom. The lowest BCUT2D eigenvalue weighted by molar-refractivity contribution is -0.110. The Morgan fingerprint density at radius 1 is 0.717 bits per heavy atom. The molecule has 2 heterocycles. The maximum Gasteiger partial charge on any atom is 0.270 e. The molecule has 1 saturated heterocycles. The summed E-state index contributed by atoms with van der Waals surface area (Å²) in [6, 6.07) is 0. The maximum absolute atomic E-state index is 6.03. The molecule has 0 saturated carbocycles. The summed E-state index contributed by atoms with van der Waals surface area (Å²) >= 11 is 1.14. The number of rotatable bonds is 31. The average Bonchev–Trinajstić information content (AvgIpc) is 3.52. The van der Waals surface area contributed by atoms with Crippen molar-refractivity contribution in [3.63, 3.8) is 0 Å². The number of morpholine rings is 1. The molecule has 0 aliphatic carbocycles. The molecular weight excluding hydrogens is 624 g/mol. The summed E-state index contributed by atoms with van der Waals surface area (Å²) in [5.41, 5.74) is -0.0592. The first-order valence-electron chi connectivity index (χ1n) is 16.3. The summed E-state index contributed by atoms with van der Waals surface area (Å²) in [6.45, 7) is 20.1. The van der Waals surface area contributed by atoms with Gasteiger partial charge >= 0.3 is 0 Å². The first-order valence-corrected chi connectivity index (χ1v) is 17.0. The van der Waals surface area contributed by atoms with Crippen LogP contribution in [0.2, 0.25) is 0 Å². The van der Waals surface area contributed by atoms with Gasteiger partial charge in [-0.3, -0.25) is 0 Å². The molecule has 15 nitrogen and oxygen atoms in total. The van der Waals surface area contributed by atoms with E-state index in [-0.39, 0.29) is 18.4 Å². The van der Waals surface area contributed by atoms with Gasteiger partial charge < -0.3 is 62.3 Å². The van der Waals surface area contributed by atoms with Crippen LogP contribution in [0.15, 0.2) is 0 Å². The second-order valence-corrected chi connectivity index (χ2v) is 11.6. The first kappa shape index (κ1) is 40.9. The van der Waals surface area contributed by atoms with Crippen LogP contribution in [-0.2, 0) is 47.4 Å². The molecule has 1 fully saturated rings. The molecule has 1 aliphatic rings. The zero-order valence-electron chi connectivity index (χ0n) is 28.4. The molecule has 46 heavy (non-hydrogen) atoms. The fourth-order valence-corrected chi connectivity index (χ4v) is 4.30. The molecule has 0 amide bonds. The minimum Gasteiger partial charge on any atom is -0.472 e. The topological polar surface area (TPSA) is 143 Å². The summed E-state index contributed by atoms with van der Waals surface area (Å²) < 4.78 is 69.9. The van der Waals surface area contributed by atoms with E-state index in [1.807, 2.05) is 6.92 Å². The van der Waals surface area contributed by atoms with Gasteiger partial charge in [0.1, 0.15) is 19.5 Å². The van der Waals surface area contributed by atoms with E-state index in [4.69, 9.17) is 52.1 Å². The van der Waals surface area contributed by atoms with Crippen molar-refractivity contribution in [2.75, 3.05) is 150 Å². The third-order valence-corrected chi connectivity index (χ3v) is 6.72. The highest BCUT2D eigenvalue weighted by molar-refractivity contribution is 6.99. The van der Waals surface area contributed by atoms with E-state index in [0.29, 0.717) is 131 Å². The minimum absolute atomic E-state index is 0.0592. The van der Waals surface area contributed by atoms with Crippen LogP contribution in [0.25, 0.3) is 0 Å². The third-order valence-electron chi connectivity index (χ3n) is 6.21. The second-order valence-electron chi connectivity index (χ2n) is 11.1. The Morgan fingerprint density at radius 2 is 1.20 bits per heavy atom. The molecule has 1 aliphatic heterocycles. The van der Waals surface area contributed by atoms with Crippen LogP contribution >= 0.6 is 11.7 Å². The largest absolute Gasteiger partial charge is 0.472 e. The van der Waals surface area contributed by atoms with Gasteiger partial charge in [-0.2, -0.15) is 4.37 Å². The zero-order chi connectivity index (χ0) is 33.0. The average molecular weight is 683 g/mol. The Labute approximate surface area is 279 Å². The normalized spacial score (nSPS) is 14.7. The van der Waals surface area contributed by atoms with Gasteiger partial charge in [-0.1, -0.05) is 0 Å². The summed E-state index contributed by atoms with van der Waals surface area (Å²) in [4.78, 5) is 2.13. The fraction of sp³-hybridized carbons (Fsp3) is 0.933. The highest BCUT2D eigenvalue weighted by Crippen LogP contribution is 2.26. The third kappa shape index (κ3) is 22.3. The number of aromatic nitrogens is 2. The molecule has 1 aromatic rings. The molecule has 0 bridgehead atoms. The molecule has 1 N–H and O–H groups in total.